The van der Waals surface area contributed by atoms with E-state index in [9.17, 15) is 13.2 Å². The van der Waals surface area contributed by atoms with Gasteiger partial charge in [-0.3, -0.25) is 4.79 Å². The number of piperidine rings is 1. The molecule has 0 aromatic heterocycles. The van der Waals surface area contributed by atoms with Crippen LogP contribution in [0.25, 0.3) is 0 Å². The number of hydrogen-bond acceptors (Lipinski definition) is 4. The molecule has 1 aliphatic heterocycles. The van der Waals surface area contributed by atoms with Gasteiger partial charge in [-0.25, -0.2) is 13.1 Å². The summed E-state index contributed by atoms with van der Waals surface area (Å²) in [5.74, 6) is 0.121. The van der Waals surface area contributed by atoms with Crippen LogP contribution in [-0.4, -0.2) is 51.2 Å². The van der Waals surface area contributed by atoms with Gasteiger partial charge in [0.1, 0.15) is 0 Å². The fourth-order valence-electron chi connectivity index (χ4n) is 2.27. The number of hydrogen-bond donors (Lipinski definition) is 2. The standard InChI is InChI=1S/C13H27N3O3S/c1-13(2,3)11(14)12(17)16-7-5-6-10(9-16)8-15-20(4,18)19/h10-11,15H,5-9,14H2,1-4H3/t10?,11-/m1/s1. The lowest BCUT2D eigenvalue weighted by molar-refractivity contribution is -0.136. The largest absolute Gasteiger partial charge is 0.341 e. The molecule has 20 heavy (non-hydrogen) atoms. The second-order valence-corrected chi connectivity index (χ2v) is 8.59. The van der Waals surface area contributed by atoms with Crippen LogP contribution in [0, 0.1) is 11.3 Å². The molecule has 0 spiro atoms. The van der Waals surface area contributed by atoms with Crippen LogP contribution in [-0.2, 0) is 14.8 Å². The van der Waals surface area contributed by atoms with Gasteiger partial charge in [0.15, 0.2) is 0 Å². The molecule has 6 nitrogen and oxygen atoms in total. The number of likely N-dealkylation sites (tertiary alicyclic amines) is 1. The van der Waals surface area contributed by atoms with E-state index in [1.807, 2.05) is 20.8 Å². The van der Waals surface area contributed by atoms with Crippen molar-refractivity contribution in [2.45, 2.75) is 39.7 Å². The summed E-state index contributed by atoms with van der Waals surface area (Å²) in [7, 11) is -3.18. The van der Waals surface area contributed by atoms with Crippen LogP contribution in [0.3, 0.4) is 0 Å². The lowest BCUT2D eigenvalue weighted by Crippen LogP contribution is -2.53. The summed E-state index contributed by atoms with van der Waals surface area (Å²) in [6.45, 7) is 7.50. The number of rotatable bonds is 4. The van der Waals surface area contributed by atoms with Gasteiger partial charge in [-0.15, -0.1) is 0 Å². The van der Waals surface area contributed by atoms with Crippen LogP contribution in [0.4, 0.5) is 0 Å². The number of nitrogens with one attached hydrogen (secondary N) is 1. The molecule has 3 N–H and O–H groups in total. The molecule has 0 aromatic rings. The fraction of sp³-hybridized carbons (Fsp3) is 0.923. The zero-order valence-corrected chi connectivity index (χ0v) is 13.7. The summed E-state index contributed by atoms with van der Waals surface area (Å²) in [5, 5.41) is 0. The van der Waals surface area contributed by atoms with E-state index < -0.39 is 16.1 Å². The number of amides is 1. The van der Waals surface area contributed by atoms with E-state index in [0.717, 1.165) is 19.1 Å². The maximum atomic E-state index is 12.4. The van der Waals surface area contributed by atoms with Crippen LogP contribution in [0.2, 0.25) is 0 Å². The Balaban J connectivity index is 2.58. The van der Waals surface area contributed by atoms with Gasteiger partial charge in [0.05, 0.1) is 12.3 Å². The van der Waals surface area contributed by atoms with Crippen molar-refractivity contribution in [1.82, 2.24) is 9.62 Å². The minimum Gasteiger partial charge on any atom is -0.341 e. The molecule has 118 valence electrons. The summed E-state index contributed by atoms with van der Waals surface area (Å²) in [4.78, 5) is 14.1. The molecule has 0 aliphatic carbocycles. The minimum atomic E-state index is -3.18. The summed E-state index contributed by atoms with van der Waals surface area (Å²) < 4.78 is 24.7. The van der Waals surface area contributed by atoms with Crippen LogP contribution >= 0.6 is 0 Å². The highest BCUT2D eigenvalue weighted by atomic mass is 32.2. The molecular formula is C13H27N3O3S. The zero-order chi connectivity index (χ0) is 15.6. The number of sulfonamides is 1. The van der Waals surface area contributed by atoms with Gasteiger partial charge in [0.2, 0.25) is 15.9 Å². The highest BCUT2D eigenvalue weighted by Crippen LogP contribution is 2.22. The Morgan fingerprint density at radius 3 is 2.55 bits per heavy atom. The second kappa shape index (κ2) is 6.41. The number of carbonyl (C=O) groups excluding carboxylic acids is 1. The highest BCUT2D eigenvalue weighted by molar-refractivity contribution is 7.88. The third kappa shape index (κ3) is 5.38. The van der Waals surface area contributed by atoms with Crippen molar-refractivity contribution in [2.24, 2.45) is 17.1 Å². The first-order valence-corrected chi connectivity index (χ1v) is 8.89. The Kier molecular flexibility index (Phi) is 5.57. The molecule has 1 rings (SSSR count). The van der Waals surface area contributed by atoms with Crippen molar-refractivity contribution >= 4 is 15.9 Å². The smallest absolute Gasteiger partial charge is 0.240 e. The van der Waals surface area contributed by atoms with E-state index in [0.29, 0.717) is 19.6 Å². The maximum Gasteiger partial charge on any atom is 0.240 e. The lowest BCUT2D eigenvalue weighted by atomic mass is 9.86. The van der Waals surface area contributed by atoms with Crippen molar-refractivity contribution in [3.8, 4) is 0 Å². The van der Waals surface area contributed by atoms with E-state index in [-0.39, 0.29) is 17.2 Å². The van der Waals surface area contributed by atoms with E-state index in [4.69, 9.17) is 5.73 Å². The lowest BCUT2D eigenvalue weighted by Gasteiger charge is -2.37. The van der Waals surface area contributed by atoms with E-state index >= 15 is 0 Å². The first-order chi connectivity index (χ1) is 9.00. The second-order valence-electron chi connectivity index (χ2n) is 6.76. The molecule has 0 saturated carbocycles. The molecule has 1 saturated heterocycles. The summed E-state index contributed by atoms with van der Waals surface area (Å²) >= 11 is 0. The molecule has 1 aliphatic rings. The molecule has 7 heteroatoms. The minimum absolute atomic E-state index is 0.0402. The Morgan fingerprint density at radius 2 is 2.05 bits per heavy atom. The van der Waals surface area contributed by atoms with Gasteiger partial charge < -0.3 is 10.6 Å². The normalized spacial score (nSPS) is 22.6. The van der Waals surface area contributed by atoms with Crippen LogP contribution in [0.5, 0.6) is 0 Å². The number of nitrogens with two attached hydrogens (primary N) is 1. The highest BCUT2D eigenvalue weighted by Gasteiger charge is 2.33. The zero-order valence-electron chi connectivity index (χ0n) is 12.8. The molecule has 1 unspecified atom stereocenters. The van der Waals surface area contributed by atoms with Crippen molar-refractivity contribution < 1.29 is 13.2 Å². The SMILES string of the molecule is CC(C)(C)[C@H](N)C(=O)N1CCCC(CNS(C)(=O)=O)C1. The van der Waals surface area contributed by atoms with Crippen molar-refractivity contribution in [3.05, 3.63) is 0 Å². The van der Waals surface area contributed by atoms with Gasteiger partial charge in [-0.1, -0.05) is 20.8 Å². The van der Waals surface area contributed by atoms with Gasteiger partial charge in [-0.05, 0) is 24.2 Å². The maximum absolute atomic E-state index is 12.4. The van der Waals surface area contributed by atoms with Crippen LogP contribution in [0.1, 0.15) is 33.6 Å². The molecule has 1 fully saturated rings. The van der Waals surface area contributed by atoms with E-state index in [2.05, 4.69) is 4.72 Å². The van der Waals surface area contributed by atoms with E-state index in [1.54, 1.807) is 4.90 Å². The molecule has 0 radical (unpaired) electrons. The molecule has 0 bridgehead atoms. The third-order valence-corrected chi connectivity index (χ3v) is 4.35. The summed E-state index contributed by atoms with van der Waals surface area (Å²) in [5.41, 5.74) is 5.74. The average Bonchev–Trinajstić information content (AvgIpc) is 2.33. The summed E-state index contributed by atoms with van der Waals surface area (Å²) in [6, 6.07) is -0.524. The molecule has 1 amide bonds. The number of carbonyl (C=O) groups is 1. The molecule has 1 heterocycles. The topological polar surface area (TPSA) is 92.5 Å². The Morgan fingerprint density at radius 1 is 1.45 bits per heavy atom. The van der Waals surface area contributed by atoms with Crippen molar-refractivity contribution in [3.63, 3.8) is 0 Å². The average molecular weight is 305 g/mol. The first kappa shape index (κ1) is 17.4. The van der Waals surface area contributed by atoms with Crippen LogP contribution < -0.4 is 10.5 Å². The number of nitrogens with zero attached hydrogens (tertiary/aromatic N) is 1. The Labute approximate surface area is 122 Å². The third-order valence-electron chi connectivity index (χ3n) is 3.66. The first-order valence-electron chi connectivity index (χ1n) is 6.99. The van der Waals surface area contributed by atoms with Crippen molar-refractivity contribution in [2.75, 3.05) is 25.9 Å². The van der Waals surface area contributed by atoms with Gasteiger partial charge >= 0.3 is 0 Å². The Bertz CT molecular complexity index is 442. The molecule has 2 atom stereocenters. The molecular weight excluding hydrogens is 278 g/mol. The Hall–Kier alpha value is -0.660. The predicted octanol–water partition coefficient (Wildman–Crippen LogP) is 0.148. The fourth-order valence-corrected chi connectivity index (χ4v) is 2.81. The van der Waals surface area contributed by atoms with Gasteiger partial charge in [-0.2, -0.15) is 0 Å². The monoisotopic (exact) mass is 305 g/mol. The summed E-state index contributed by atoms with van der Waals surface area (Å²) in [6.07, 6.45) is 2.96. The quantitative estimate of drug-likeness (QED) is 0.773. The van der Waals surface area contributed by atoms with Crippen molar-refractivity contribution in [1.29, 1.82) is 0 Å². The van der Waals surface area contributed by atoms with E-state index in [1.165, 1.54) is 0 Å². The van der Waals surface area contributed by atoms with Gasteiger partial charge in [0.25, 0.3) is 0 Å². The predicted molar refractivity (Wildman–Crippen MR) is 79.6 cm³/mol. The molecule has 0 aromatic carbocycles. The van der Waals surface area contributed by atoms with Gasteiger partial charge in [0, 0.05) is 19.6 Å². The van der Waals surface area contributed by atoms with Crippen LogP contribution in [0.15, 0.2) is 0 Å².